The van der Waals surface area contributed by atoms with E-state index in [4.69, 9.17) is 19.4 Å². The number of allylic oxidation sites excluding steroid dienone is 1. The Balaban J connectivity index is 1.32. The van der Waals surface area contributed by atoms with Gasteiger partial charge in [0.2, 0.25) is 11.8 Å². The Bertz CT molecular complexity index is 1780. The number of aromatic nitrogens is 3. The number of benzene rings is 1. The van der Waals surface area contributed by atoms with Crippen LogP contribution in [-0.4, -0.2) is 84.7 Å². The molecule has 14 heteroatoms. The lowest BCUT2D eigenvalue weighted by molar-refractivity contribution is -0.145. The average Bonchev–Trinajstić information content (AvgIpc) is 3.60. The number of amides is 3. The van der Waals surface area contributed by atoms with Crippen molar-refractivity contribution in [3.05, 3.63) is 60.9 Å². The number of anilines is 2. The van der Waals surface area contributed by atoms with E-state index in [0.29, 0.717) is 35.4 Å². The molecule has 1 saturated heterocycles. The number of hydrogen-bond acceptors (Lipinski definition) is 10. The molecular formula is C36H43N7O7. The van der Waals surface area contributed by atoms with E-state index >= 15 is 0 Å². The van der Waals surface area contributed by atoms with E-state index < -0.39 is 53.2 Å². The summed E-state index contributed by atoms with van der Waals surface area (Å²) < 4.78 is 11.9. The molecule has 2 fully saturated rings. The number of hydrogen-bond donors (Lipinski definition) is 4. The Morgan fingerprint density at radius 2 is 1.84 bits per heavy atom. The highest BCUT2D eigenvalue weighted by atomic mass is 16.6. The van der Waals surface area contributed by atoms with E-state index in [1.807, 2.05) is 36.4 Å². The number of carbonyl (C=O) groups is 4. The molecule has 0 bridgehead atoms. The minimum atomic E-state index is -1.46. The van der Waals surface area contributed by atoms with Gasteiger partial charge in [0.15, 0.2) is 5.82 Å². The van der Waals surface area contributed by atoms with Gasteiger partial charge in [0.25, 0.3) is 5.88 Å². The van der Waals surface area contributed by atoms with E-state index in [1.54, 1.807) is 45.3 Å². The second kappa shape index (κ2) is 14.3. The van der Waals surface area contributed by atoms with E-state index in [9.17, 15) is 24.3 Å². The van der Waals surface area contributed by atoms with Crippen LogP contribution in [-0.2, 0) is 19.1 Å². The third-order valence-electron chi connectivity index (χ3n) is 9.05. The molecule has 3 amide bonds. The largest absolute Gasteiger partial charge is 0.479 e. The first kappa shape index (κ1) is 34.6. The average molecular weight is 686 g/mol. The Morgan fingerprint density at radius 1 is 1.06 bits per heavy atom. The fraction of sp³-hybridized carbons (Fsp3) is 0.472. The van der Waals surface area contributed by atoms with Crippen molar-refractivity contribution in [3.63, 3.8) is 0 Å². The molecule has 4 N–H and O–H groups in total. The summed E-state index contributed by atoms with van der Waals surface area (Å²) in [5.41, 5.74) is -0.386. The Morgan fingerprint density at radius 3 is 2.56 bits per heavy atom. The van der Waals surface area contributed by atoms with Gasteiger partial charge in [-0.3, -0.25) is 14.6 Å². The molecule has 1 saturated carbocycles. The maximum Gasteiger partial charge on any atom is 0.408 e. The third kappa shape index (κ3) is 7.95. The number of aliphatic carboxylic acids is 1. The highest BCUT2D eigenvalue weighted by Gasteiger charge is 2.61. The van der Waals surface area contributed by atoms with Crippen LogP contribution in [0, 0.1) is 5.92 Å². The number of alkyl carbamates (subject to hydrolysis) is 1. The van der Waals surface area contributed by atoms with Gasteiger partial charge in [-0.25, -0.2) is 19.6 Å². The smallest absolute Gasteiger partial charge is 0.408 e. The van der Waals surface area contributed by atoms with E-state index in [0.717, 1.165) is 19.3 Å². The quantitative estimate of drug-likeness (QED) is 0.268. The number of fused-ring (bicyclic) bond motifs is 3. The van der Waals surface area contributed by atoms with Gasteiger partial charge in [0.05, 0.1) is 29.5 Å². The van der Waals surface area contributed by atoms with Crippen LogP contribution in [0.3, 0.4) is 0 Å². The van der Waals surface area contributed by atoms with Crippen molar-refractivity contribution in [2.75, 3.05) is 11.9 Å². The third-order valence-corrected chi connectivity index (χ3v) is 9.05. The van der Waals surface area contributed by atoms with Crippen LogP contribution in [0.1, 0.15) is 65.7 Å². The Kier molecular flexibility index (Phi) is 9.89. The van der Waals surface area contributed by atoms with E-state index in [-0.39, 0.29) is 31.2 Å². The minimum Gasteiger partial charge on any atom is -0.479 e. The number of para-hydroxylation sites is 2. The second-order valence-electron chi connectivity index (χ2n) is 14.1. The van der Waals surface area contributed by atoms with Crippen molar-refractivity contribution in [1.29, 1.82) is 0 Å². The SMILES string of the molecule is CC(C)(C)OC(=O)N[C@H]1CCCCC/C=C\C2CC2(C(=O)O)NC(=O)C2C[C@@H](Oc3nc4ccccc4nc3Nc3cccnc3)CN2C1=O. The zero-order valence-electron chi connectivity index (χ0n) is 28.4. The summed E-state index contributed by atoms with van der Waals surface area (Å²) in [5.74, 6) is -2.10. The highest BCUT2D eigenvalue weighted by Crippen LogP contribution is 2.45. The summed E-state index contributed by atoms with van der Waals surface area (Å²) in [5, 5.41) is 18.9. The number of carboxylic acid groups (broad SMARTS) is 1. The Labute approximate surface area is 290 Å². The zero-order valence-corrected chi connectivity index (χ0v) is 28.4. The molecule has 3 aromatic rings. The summed E-state index contributed by atoms with van der Waals surface area (Å²) >= 11 is 0. The molecule has 6 rings (SSSR count). The summed E-state index contributed by atoms with van der Waals surface area (Å²) in [4.78, 5) is 68.7. The molecule has 3 aliphatic rings. The van der Waals surface area contributed by atoms with E-state index in [2.05, 4.69) is 20.9 Å². The molecule has 5 atom stereocenters. The van der Waals surface area contributed by atoms with Crippen LogP contribution in [0.4, 0.5) is 16.3 Å². The number of ether oxygens (including phenoxy) is 2. The van der Waals surface area contributed by atoms with Crippen LogP contribution < -0.4 is 20.7 Å². The van der Waals surface area contributed by atoms with Crippen molar-refractivity contribution in [3.8, 4) is 5.88 Å². The maximum absolute atomic E-state index is 14.3. The molecule has 1 aliphatic carbocycles. The maximum atomic E-state index is 14.3. The first-order valence-corrected chi connectivity index (χ1v) is 17.0. The number of nitrogens with zero attached hydrogens (tertiary/aromatic N) is 4. The lowest BCUT2D eigenvalue weighted by atomic mass is 10.0. The first-order chi connectivity index (χ1) is 23.9. The molecule has 3 unspecified atom stereocenters. The fourth-order valence-corrected chi connectivity index (χ4v) is 6.48. The summed E-state index contributed by atoms with van der Waals surface area (Å²) in [6, 6.07) is 8.85. The highest BCUT2D eigenvalue weighted by molar-refractivity contribution is 5.96. The number of pyridine rings is 1. The first-order valence-electron chi connectivity index (χ1n) is 17.0. The van der Waals surface area contributed by atoms with Gasteiger partial charge in [0, 0.05) is 18.5 Å². The molecule has 264 valence electrons. The molecule has 2 aromatic heterocycles. The monoisotopic (exact) mass is 685 g/mol. The molecule has 14 nitrogen and oxygen atoms in total. The van der Waals surface area contributed by atoms with Crippen LogP contribution in [0.2, 0.25) is 0 Å². The van der Waals surface area contributed by atoms with Gasteiger partial charge >= 0.3 is 12.1 Å². The number of carbonyl (C=O) groups excluding carboxylic acids is 3. The van der Waals surface area contributed by atoms with E-state index in [1.165, 1.54) is 4.90 Å². The van der Waals surface area contributed by atoms with Gasteiger partial charge in [-0.05, 0) is 70.7 Å². The molecule has 4 heterocycles. The van der Waals surface area contributed by atoms with Gasteiger partial charge in [-0.1, -0.05) is 37.1 Å². The topological polar surface area (TPSA) is 185 Å². The van der Waals surface area contributed by atoms with Crippen molar-refractivity contribution in [2.45, 2.75) is 95.0 Å². The number of rotatable bonds is 6. The van der Waals surface area contributed by atoms with Crippen molar-refractivity contribution in [2.24, 2.45) is 5.92 Å². The molecule has 50 heavy (non-hydrogen) atoms. The normalized spacial score (nSPS) is 26.3. The van der Waals surface area contributed by atoms with Crippen LogP contribution in [0.25, 0.3) is 11.0 Å². The fourth-order valence-electron chi connectivity index (χ4n) is 6.48. The molecule has 2 aliphatic heterocycles. The minimum absolute atomic E-state index is 0.0202. The van der Waals surface area contributed by atoms with Crippen molar-refractivity contribution >= 4 is 46.4 Å². The Hall–Kier alpha value is -5.27. The standard InChI is InChI=1S/C36H43N7O7/c1-35(2,3)50-34(48)41-27-16-8-6-4-5-7-12-22-19-36(22,33(46)47)42-30(44)28-18-24(21-43(28)32(27)45)49-31-29(38-23-13-11-17-37-20-23)39-25-14-9-10-15-26(25)40-31/h7,9-15,17,20,22,24,27-28H,4-6,8,16,18-19,21H2,1-3H3,(H,38,39)(H,41,48)(H,42,44)(H,46,47)/b12-7-/t22?,24-,27+,28?,36?/m1/s1. The summed E-state index contributed by atoms with van der Waals surface area (Å²) in [6.45, 7) is 5.18. The predicted molar refractivity (Wildman–Crippen MR) is 184 cm³/mol. The summed E-state index contributed by atoms with van der Waals surface area (Å²) in [6.07, 6.45) is 9.26. The molecular weight excluding hydrogens is 642 g/mol. The van der Waals surface area contributed by atoms with Gasteiger partial charge in [-0.15, -0.1) is 0 Å². The van der Waals surface area contributed by atoms with Crippen LogP contribution in [0.5, 0.6) is 5.88 Å². The predicted octanol–water partition coefficient (Wildman–Crippen LogP) is 4.49. The summed E-state index contributed by atoms with van der Waals surface area (Å²) in [7, 11) is 0. The molecule has 1 aromatic carbocycles. The lowest BCUT2D eigenvalue weighted by Crippen LogP contribution is -2.56. The second-order valence-corrected chi connectivity index (χ2v) is 14.1. The zero-order chi connectivity index (χ0) is 35.5. The molecule has 0 spiro atoms. The molecule has 0 radical (unpaired) electrons. The van der Waals surface area contributed by atoms with Gasteiger partial charge in [-0.2, -0.15) is 0 Å². The van der Waals surface area contributed by atoms with Crippen molar-refractivity contribution in [1.82, 2.24) is 30.5 Å². The van der Waals surface area contributed by atoms with Crippen LogP contribution >= 0.6 is 0 Å². The number of carboxylic acids is 1. The van der Waals surface area contributed by atoms with Crippen LogP contribution in [0.15, 0.2) is 60.9 Å². The lowest BCUT2D eigenvalue weighted by Gasteiger charge is -2.30. The number of nitrogens with one attached hydrogen (secondary N) is 3. The van der Waals surface area contributed by atoms with Crippen molar-refractivity contribution < 1.29 is 33.8 Å². The van der Waals surface area contributed by atoms with Gasteiger partial charge < -0.3 is 35.4 Å². The van der Waals surface area contributed by atoms with Gasteiger partial charge in [0.1, 0.15) is 29.3 Å².